The third-order valence-corrected chi connectivity index (χ3v) is 2.33. The molecule has 70 valence electrons. The van der Waals surface area contributed by atoms with Crippen LogP contribution in [0, 0.1) is 0 Å². The molecule has 2 rings (SSSR count). The summed E-state index contributed by atoms with van der Waals surface area (Å²) in [6.45, 7) is 2.02. The number of aromatic nitrogens is 2. The fourth-order valence-electron chi connectivity index (χ4n) is 1.13. The smallest absolute Gasteiger partial charge is 0.257 e. The van der Waals surface area contributed by atoms with Crippen LogP contribution in [0.3, 0.4) is 0 Å². The number of hydrogen-bond acceptors (Lipinski definition) is 3. The Morgan fingerprint density at radius 1 is 1.77 bits per heavy atom. The van der Waals surface area contributed by atoms with Gasteiger partial charge in [-0.25, -0.2) is 0 Å². The Hall–Kier alpha value is -1.52. The fourth-order valence-corrected chi connectivity index (χ4v) is 1.13. The van der Waals surface area contributed by atoms with Crippen LogP contribution >= 0.6 is 0 Å². The average molecular weight is 180 g/mol. The van der Waals surface area contributed by atoms with Crippen LogP contribution in [0.25, 0.3) is 0 Å². The Morgan fingerprint density at radius 3 is 2.92 bits per heavy atom. The summed E-state index contributed by atoms with van der Waals surface area (Å²) in [5, 5.41) is 9.10. The molecule has 0 unspecified atom stereocenters. The second-order valence-electron chi connectivity index (χ2n) is 3.71. The second-order valence-corrected chi connectivity index (χ2v) is 3.71. The molecule has 1 heterocycles. The molecule has 4 N–H and O–H groups in total. The number of rotatable bonds is 2. The van der Waals surface area contributed by atoms with E-state index in [0.717, 1.165) is 12.8 Å². The van der Waals surface area contributed by atoms with Gasteiger partial charge in [-0.3, -0.25) is 9.89 Å². The molecular weight excluding hydrogens is 168 g/mol. The van der Waals surface area contributed by atoms with E-state index in [-0.39, 0.29) is 11.4 Å². The summed E-state index contributed by atoms with van der Waals surface area (Å²) in [6.07, 6.45) is 3.52. The first kappa shape index (κ1) is 8.10. The van der Waals surface area contributed by atoms with Crippen LogP contribution in [-0.2, 0) is 0 Å². The molecule has 5 nitrogen and oxygen atoms in total. The lowest BCUT2D eigenvalue weighted by atomic mass is 10.2. The van der Waals surface area contributed by atoms with Crippen molar-refractivity contribution < 1.29 is 4.79 Å². The van der Waals surface area contributed by atoms with Gasteiger partial charge in [0, 0.05) is 5.54 Å². The lowest BCUT2D eigenvalue weighted by Crippen LogP contribution is -2.34. The van der Waals surface area contributed by atoms with E-state index in [1.165, 1.54) is 6.20 Å². The van der Waals surface area contributed by atoms with Gasteiger partial charge in [0.25, 0.3) is 5.91 Å². The molecule has 0 atom stereocenters. The van der Waals surface area contributed by atoms with Gasteiger partial charge in [-0.1, -0.05) is 0 Å². The topological polar surface area (TPSA) is 83.8 Å². The number of hydrogen-bond donors (Lipinski definition) is 3. The summed E-state index contributed by atoms with van der Waals surface area (Å²) in [5.41, 5.74) is 5.91. The van der Waals surface area contributed by atoms with E-state index in [1.54, 1.807) is 0 Å². The predicted molar refractivity (Wildman–Crippen MR) is 48.1 cm³/mol. The van der Waals surface area contributed by atoms with Gasteiger partial charge in [0.2, 0.25) is 0 Å². The van der Waals surface area contributed by atoms with Crippen molar-refractivity contribution in [3.8, 4) is 0 Å². The average Bonchev–Trinajstić information content (AvgIpc) is 2.63. The summed E-state index contributed by atoms with van der Waals surface area (Å²) in [4.78, 5) is 11.5. The van der Waals surface area contributed by atoms with Crippen molar-refractivity contribution in [2.75, 3.05) is 5.73 Å². The highest BCUT2D eigenvalue weighted by molar-refractivity contribution is 5.98. The number of aromatic amines is 1. The monoisotopic (exact) mass is 180 g/mol. The summed E-state index contributed by atoms with van der Waals surface area (Å²) in [7, 11) is 0. The normalized spacial score (nSPS) is 18.2. The summed E-state index contributed by atoms with van der Waals surface area (Å²) in [5.74, 6) is 0.174. The molecule has 0 radical (unpaired) electrons. The lowest BCUT2D eigenvalue weighted by Gasteiger charge is -2.09. The summed E-state index contributed by atoms with van der Waals surface area (Å²) >= 11 is 0. The third kappa shape index (κ3) is 1.49. The van der Waals surface area contributed by atoms with Gasteiger partial charge in [-0.15, -0.1) is 0 Å². The lowest BCUT2D eigenvalue weighted by molar-refractivity contribution is 0.0936. The standard InChI is InChI=1S/C8H12N4O/c1-8(2-3-8)11-7(13)5-4-10-12-6(5)9/h4H,2-3H2,1H3,(H,11,13)(H3,9,10,12). The van der Waals surface area contributed by atoms with E-state index in [4.69, 9.17) is 5.73 Å². The molecule has 1 saturated carbocycles. The largest absolute Gasteiger partial charge is 0.383 e. The minimum absolute atomic E-state index is 0.0131. The highest BCUT2D eigenvalue weighted by atomic mass is 16.1. The van der Waals surface area contributed by atoms with E-state index >= 15 is 0 Å². The molecule has 0 bridgehead atoms. The number of nitrogens with zero attached hydrogens (tertiary/aromatic N) is 1. The minimum Gasteiger partial charge on any atom is -0.383 e. The maximum absolute atomic E-state index is 11.5. The molecule has 0 saturated heterocycles. The zero-order chi connectivity index (χ0) is 9.47. The quantitative estimate of drug-likeness (QED) is 0.611. The fraction of sp³-hybridized carbons (Fsp3) is 0.500. The van der Waals surface area contributed by atoms with E-state index < -0.39 is 0 Å². The first-order valence-corrected chi connectivity index (χ1v) is 4.22. The molecule has 0 aromatic carbocycles. The zero-order valence-electron chi connectivity index (χ0n) is 7.42. The van der Waals surface area contributed by atoms with Gasteiger partial charge in [-0.05, 0) is 19.8 Å². The molecule has 1 amide bonds. The van der Waals surface area contributed by atoms with Crippen LogP contribution in [0.4, 0.5) is 5.82 Å². The van der Waals surface area contributed by atoms with Crippen molar-refractivity contribution in [1.82, 2.24) is 15.5 Å². The zero-order valence-corrected chi connectivity index (χ0v) is 7.42. The Bertz CT molecular complexity index is 340. The third-order valence-electron chi connectivity index (χ3n) is 2.33. The van der Waals surface area contributed by atoms with Gasteiger partial charge in [0.05, 0.1) is 6.20 Å². The van der Waals surface area contributed by atoms with E-state index in [9.17, 15) is 4.79 Å². The molecule has 0 spiro atoms. The molecule has 5 heteroatoms. The number of nitrogens with two attached hydrogens (primary N) is 1. The molecule has 1 aliphatic carbocycles. The number of anilines is 1. The summed E-state index contributed by atoms with van der Waals surface area (Å²) < 4.78 is 0. The van der Waals surface area contributed by atoms with Crippen molar-refractivity contribution in [2.45, 2.75) is 25.3 Å². The Balaban J connectivity index is 2.09. The minimum atomic E-state index is -0.147. The SMILES string of the molecule is CC1(NC(=O)c2cn[nH]c2N)CC1. The first-order valence-electron chi connectivity index (χ1n) is 4.22. The van der Waals surface area contributed by atoms with Gasteiger partial charge in [0.1, 0.15) is 11.4 Å². The van der Waals surface area contributed by atoms with Crippen LogP contribution in [0.15, 0.2) is 6.20 Å². The van der Waals surface area contributed by atoms with Crippen molar-refractivity contribution in [3.05, 3.63) is 11.8 Å². The molecule has 1 aromatic heterocycles. The summed E-state index contributed by atoms with van der Waals surface area (Å²) in [6, 6.07) is 0. The molecule has 1 fully saturated rings. The first-order chi connectivity index (χ1) is 6.11. The number of carbonyl (C=O) groups is 1. The van der Waals surface area contributed by atoms with E-state index in [2.05, 4.69) is 15.5 Å². The molecule has 0 aliphatic heterocycles. The van der Waals surface area contributed by atoms with Crippen LogP contribution in [-0.4, -0.2) is 21.6 Å². The van der Waals surface area contributed by atoms with Gasteiger partial charge in [-0.2, -0.15) is 5.10 Å². The van der Waals surface area contributed by atoms with Crippen molar-refractivity contribution >= 4 is 11.7 Å². The van der Waals surface area contributed by atoms with Gasteiger partial charge >= 0.3 is 0 Å². The van der Waals surface area contributed by atoms with Crippen molar-refractivity contribution in [2.24, 2.45) is 0 Å². The maximum Gasteiger partial charge on any atom is 0.257 e. The van der Waals surface area contributed by atoms with Crippen LogP contribution in [0.1, 0.15) is 30.1 Å². The number of nitrogens with one attached hydrogen (secondary N) is 2. The molecule has 13 heavy (non-hydrogen) atoms. The molecular formula is C8H12N4O. The Labute approximate surface area is 75.7 Å². The van der Waals surface area contributed by atoms with Crippen molar-refractivity contribution in [3.63, 3.8) is 0 Å². The van der Waals surface area contributed by atoms with Crippen LogP contribution < -0.4 is 11.1 Å². The highest BCUT2D eigenvalue weighted by Crippen LogP contribution is 2.34. The highest BCUT2D eigenvalue weighted by Gasteiger charge is 2.39. The van der Waals surface area contributed by atoms with Crippen molar-refractivity contribution in [1.29, 1.82) is 0 Å². The molecule has 1 aromatic rings. The predicted octanol–water partition coefficient (Wildman–Crippen LogP) is 0.274. The number of carbonyl (C=O) groups excluding carboxylic acids is 1. The Kier molecular flexibility index (Phi) is 1.55. The Morgan fingerprint density at radius 2 is 2.46 bits per heavy atom. The van der Waals surface area contributed by atoms with Crippen LogP contribution in [0.2, 0.25) is 0 Å². The van der Waals surface area contributed by atoms with E-state index in [1.807, 2.05) is 6.92 Å². The van der Waals surface area contributed by atoms with Crippen LogP contribution in [0.5, 0.6) is 0 Å². The second kappa shape index (κ2) is 2.48. The number of H-pyrrole nitrogens is 1. The molecule has 1 aliphatic rings. The van der Waals surface area contributed by atoms with E-state index in [0.29, 0.717) is 11.4 Å². The number of amides is 1. The van der Waals surface area contributed by atoms with Gasteiger partial charge < -0.3 is 11.1 Å². The maximum atomic E-state index is 11.5. The van der Waals surface area contributed by atoms with Gasteiger partial charge in [0.15, 0.2) is 0 Å². The number of nitrogen functional groups attached to an aromatic ring is 1.